The summed E-state index contributed by atoms with van der Waals surface area (Å²) in [7, 11) is 0. The minimum atomic E-state index is -1.06. The first-order valence-corrected chi connectivity index (χ1v) is 9.34. The third-order valence-corrected chi connectivity index (χ3v) is 4.47. The summed E-state index contributed by atoms with van der Waals surface area (Å²) >= 11 is 0. The quantitative estimate of drug-likeness (QED) is 0.562. The van der Waals surface area contributed by atoms with E-state index >= 15 is 0 Å². The van der Waals surface area contributed by atoms with Gasteiger partial charge in [0.05, 0.1) is 0 Å². The van der Waals surface area contributed by atoms with Crippen molar-refractivity contribution in [3.05, 3.63) is 107 Å². The average Bonchev–Trinajstić information content (AvgIpc) is 2.73. The van der Waals surface area contributed by atoms with E-state index in [1.54, 1.807) is 18.2 Å². The smallest absolute Gasteiger partial charge is 0.320 e. The molecule has 0 radical (unpaired) electrons. The molecule has 3 rings (SSSR count). The number of hydrogen-bond acceptors (Lipinski definition) is 3. The van der Waals surface area contributed by atoms with E-state index in [1.165, 1.54) is 12.1 Å². The van der Waals surface area contributed by atoms with Crippen molar-refractivity contribution in [2.45, 2.75) is 19.1 Å². The number of nitrogens with two attached hydrogens (primary N) is 1. The lowest BCUT2D eigenvalue weighted by molar-refractivity contribution is -0.138. The van der Waals surface area contributed by atoms with Crippen LogP contribution in [0.25, 0.3) is 5.57 Å². The Labute approximate surface area is 173 Å². The maximum atomic E-state index is 13.3. The van der Waals surface area contributed by atoms with Crippen molar-refractivity contribution in [1.82, 2.24) is 0 Å². The van der Waals surface area contributed by atoms with Gasteiger partial charge in [-0.3, -0.25) is 4.79 Å². The summed E-state index contributed by atoms with van der Waals surface area (Å²) in [6.45, 7) is 0.0306. The third-order valence-electron chi connectivity index (χ3n) is 4.47. The maximum Gasteiger partial charge on any atom is 0.320 e. The first kappa shape index (κ1) is 21.2. The van der Waals surface area contributed by atoms with Gasteiger partial charge in [0.2, 0.25) is 0 Å². The normalized spacial score (nSPS) is 12.4. The van der Waals surface area contributed by atoms with Crippen LogP contribution >= 0.6 is 0 Å². The van der Waals surface area contributed by atoms with Gasteiger partial charge in [0.25, 0.3) is 0 Å². The van der Waals surface area contributed by atoms with E-state index in [2.05, 4.69) is 0 Å². The first-order chi connectivity index (χ1) is 14.4. The second-order valence-electron chi connectivity index (χ2n) is 6.76. The maximum absolute atomic E-state index is 13.3. The molecule has 0 heterocycles. The zero-order valence-corrected chi connectivity index (χ0v) is 16.1. The van der Waals surface area contributed by atoms with Gasteiger partial charge < -0.3 is 15.6 Å². The molecule has 1 atom stereocenters. The number of benzene rings is 3. The highest BCUT2D eigenvalue weighted by molar-refractivity contribution is 5.81. The Hall–Kier alpha value is -3.51. The fraction of sp³-hybridized carbons (Fsp3) is 0.125. The van der Waals surface area contributed by atoms with Crippen LogP contribution in [0.2, 0.25) is 0 Å². The highest BCUT2D eigenvalue weighted by atomic mass is 19.1. The second-order valence-corrected chi connectivity index (χ2v) is 6.76. The van der Waals surface area contributed by atoms with E-state index in [1.807, 2.05) is 42.5 Å². The van der Waals surface area contributed by atoms with Crippen molar-refractivity contribution in [1.29, 1.82) is 0 Å². The van der Waals surface area contributed by atoms with Gasteiger partial charge in [0.1, 0.15) is 30.0 Å². The van der Waals surface area contributed by atoms with Crippen molar-refractivity contribution >= 4 is 11.5 Å². The number of aliphatic carboxylic acids is 1. The van der Waals surface area contributed by atoms with Gasteiger partial charge in [-0.1, -0.05) is 48.5 Å². The van der Waals surface area contributed by atoms with Crippen LogP contribution in [0.1, 0.15) is 23.1 Å². The predicted molar refractivity (Wildman–Crippen MR) is 111 cm³/mol. The van der Waals surface area contributed by atoms with Crippen molar-refractivity contribution in [2.75, 3.05) is 0 Å². The molecule has 30 heavy (non-hydrogen) atoms. The van der Waals surface area contributed by atoms with Crippen LogP contribution in [0.4, 0.5) is 8.78 Å². The van der Waals surface area contributed by atoms with Crippen molar-refractivity contribution in [3.63, 3.8) is 0 Å². The first-order valence-electron chi connectivity index (χ1n) is 9.34. The van der Waals surface area contributed by atoms with Gasteiger partial charge >= 0.3 is 5.97 Å². The van der Waals surface area contributed by atoms with Gasteiger partial charge in [-0.2, -0.15) is 0 Å². The van der Waals surface area contributed by atoms with Crippen LogP contribution in [0.15, 0.2) is 78.9 Å². The Morgan fingerprint density at radius 2 is 1.57 bits per heavy atom. The number of carboxylic acid groups (broad SMARTS) is 1. The minimum Gasteiger partial charge on any atom is -0.489 e. The van der Waals surface area contributed by atoms with E-state index in [0.717, 1.165) is 22.8 Å². The Morgan fingerprint density at radius 1 is 0.967 bits per heavy atom. The number of ether oxygens (including phenoxy) is 1. The van der Waals surface area contributed by atoms with Crippen molar-refractivity contribution in [3.8, 4) is 5.75 Å². The summed E-state index contributed by atoms with van der Waals surface area (Å²) < 4.78 is 32.2. The Balaban J connectivity index is 1.78. The lowest BCUT2D eigenvalue weighted by Gasteiger charge is -2.12. The minimum absolute atomic E-state index is 0.0306. The molecular weight excluding hydrogens is 388 g/mol. The SMILES string of the molecule is NC(C/C=C(/c1ccccc1)c1ccc(OCc2cc(F)cc(F)c2)cc1)C(=O)O. The number of halogens is 2. The molecule has 1 unspecified atom stereocenters. The molecule has 3 aromatic rings. The van der Waals surface area contributed by atoms with Crippen LogP contribution in [0.3, 0.4) is 0 Å². The molecule has 0 saturated heterocycles. The number of carboxylic acids is 1. The summed E-state index contributed by atoms with van der Waals surface area (Å²) in [4.78, 5) is 11.0. The summed E-state index contributed by atoms with van der Waals surface area (Å²) in [5, 5.41) is 9.04. The Morgan fingerprint density at radius 3 is 2.17 bits per heavy atom. The number of hydrogen-bond donors (Lipinski definition) is 2. The molecule has 154 valence electrons. The molecule has 0 spiro atoms. The van der Waals surface area contributed by atoms with E-state index in [0.29, 0.717) is 11.3 Å². The molecule has 3 N–H and O–H groups in total. The van der Waals surface area contributed by atoms with Crippen LogP contribution in [-0.4, -0.2) is 17.1 Å². The molecule has 0 saturated carbocycles. The van der Waals surface area contributed by atoms with Crippen LogP contribution in [0, 0.1) is 11.6 Å². The number of carbonyl (C=O) groups is 1. The van der Waals surface area contributed by atoms with Crippen LogP contribution < -0.4 is 10.5 Å². The summed E-state index contributed by atoms with van der Waals surface area (Å²) in [6, 6.07) is 19.0. The highest BCUT2D eigenvalue weighted by Gasteiger charge is 2.12. The fourth-order valence-corrected chi connectivity index (χ4v) is 2.96. The van der Waals surface area contributed by atoms with Gasteiger partial charge in [0.15, 0.2) is 0 Å². The molecular formula is C24H21F2NO3. The summed E-state index contributed by atoms with van der Waals surface area (Å²) in [6.07, 6.45) is 1.99. The van der Waals surface area contributed by atoms with Gasteiger partial charge in [-0.15, -0.1) is 0 Å². The van der Waals surface area contributed by atoms with Crippen LogP contribution in [-0.2, 0) is 11.4 Å². The largest absolute Gasteiger partial charge is 0.489 e. The molecule has 0 bridgehead atoms. The molecule has 4 nitrogen and oxygen atoms in total. The molecule has 0 aliphatic heterocycles. The van der Waals surface area contributed by atoms with E-state index in [4.69, 9.17) is 15.6 Å². The monoisotopic (exact) mass is 409 g/mol. The standard InChI is InChI=1S/C24H21F2NO3/c25-19-12-16(13-20(26)14-19)15-30-21-8-6-18(7-9-21)22(10-11-23(27)24(28)29)17-4-2-1-3-5-17/h1-10,12-14,23H,11,15,27H2,(H,28,29)/b22-10-. The van der Waals surface area contributed by atoms with Gasteiger partial charge in [0, 0.05) is 6.07 Å². The van der Waals surface area contributed by atoms with E-state index in [-0.39, 0.29) is 13.0 Å². The van der Waals surface area contributed by atoms with E-state index in [9.17, 15) is 13.6 Å². The highest BCUT2D eigenvalue weighted by Crippen LogP contribution is 2.26. The molecule has 0 amide bonds. The van der Waals surface area contributed by atoms with Crippen molar-refractivity contribution in [2.24, 2.45) is 5.73 Å². The molecule has 3 aromatic carbocycles. The van der Waals surface area contributed by atoms with Crippen molar-refractivity contribution < 1.29 is 23.4 Å². The van der Waals surface area contributed by atoms with Gasteiger partial charge in [-0.05, 0) is 52.9 Å². The summed E-state index contributed by atoms with van der Waals surface area (Å²) in [5.41, 5.74) is 8.68. The predicted octanol–water partition coefficient (Wildman–Crippen LogP) is 4.78. The molecule has 0 aliphatic carbocycles. The van der Waals surface area contributed by atoms with E-state index < -0.39 is 23.6 Å². The summed E-state index contributed by atoms with van der Waals surface area (Å²) in [5.74, 6) is -1.82. The second kappa shape index (κ2) is 9.80. The molecule has 6 heteroatoms. The average molecular weight is 409 g/mol. The lowest BCUT2D eigenvalue weighted by atomic mass is 9.96. The lowest BCUT2D eigenvalue weighted by Crippen LogP contribution is -2.29. The van der Waals surface area contributed by atoms with Gasteiger partial charge in [-0.25, -0.2) is 8.78 Å². The molecule has 0 aliphatic rings. The molecule has 0 fully saturated rings. The zero-order chi connectivity index (χ0) is 21.5. The Kier molecular flexibility index (Phi) is 6.93. The zero-order valence-electron chi connectivity index (χ0n) is 16.1. The fourth-order valence-electron chi connectivity index (χ4n) is 2.96. The Bertz CT molecular complexity index is 1010. The molecule has 0 aromatic heterocycles. The third kappa shape index (κ3) is 5.75. The van der Waals surface area contributed by atoms with Crippen LogP contribution in [0.5, 0.6) is 5.75 Å². The number of rotatable bonds is 8. The topological polar surface area (TPSA) is 72.5 Å².